The SMILES string of the molecule is COC(=O)CCCc1ccc(C(O)c2ccncc2)cc1. The van der Waals surface area contributed by atoms with Crippen LogP contribution in [-0.2, 0) is 16.0 Å². The van der Waals surface area contributed by atoms with Crippen LogP contribution in [0, 0.1) is 0 Å². The first kappa shape index (κ1) is 15.2. The van der Waals surface area contributed by atoms with Crippen LogP contribution in [0.15, 0.2) is 48.8 Å². The number of carbonyl (C=O) groups is 1. The Labute approximate surface area is 124 Å². The van der Waals surface area contributed by atoms with Crippen LogP contribution in [0.5, 0.6) is 0 Å². The van der Waals surface area contributed by atoms with Crippen LogP contribution in [-0.4, -0.2) is 23.2 Å². The molecule has 1 heterocycles. The van der Waals surface area contributed by atoms with Crippen molar-refractivity contribution in [3.05, 3.63) is 65.5 Å². The summed E-state index contributed by atoms with van der Waals surface area (Å²) in [5.41, 5.74) is 2.81. The van der Waals surface area contributed by atoms with Crippen molar-refractivity contribution >= 4 is 5.97 Å². The second-order valence-electron chi connectivity index (χ2n) is 4.85. The van der Waals surface area contributed by atoms with Crippen LogP contribution in [0.4, 0.5) is 0 Å². The van der Waals surface area contributed by atoms with E-state index in [-0.39, 0.29) is 5.97 Å². The van der Waals surface area contributed by atoms with E-state index in [2.05, 4.69) is 9.72 Å². The molecule has 4 nitrogen and oxygen atoms in total. The van der Waals surface area contributed by atoms with Gasteiger partial charge in [0.25, 0.3) is 0 Å². The molecule has 1 aromatic carbocycles. The molecule has 0 saturated heterocycles. The van der Waals surface area contributed by atoms with Gasteiger partial charge in [-0.25, -0.2) is 0 Å². The fourth-order valence-corrected chi connectivity index (χ4v) is 2.14. The Morgan fingerprint density at radius 3 is 2.38 bits per heavy atom. The summed E-state index contributed by atoms with van der Waals surface area (Å²) in [5, 5.41) is 10.3. The van der Waals surface area contributed by atoms with Crippen molar-refractivity contribution in [2.24, 2.45) is 0 Å². The van der Waals surface area contributed by atoms with Crippen LogP contribution in [0.3, 0.4) is 0 Å². The molecular formula is C17H19NO3. The minimum absolute atomic E-state index is 0.181. The summed E-state index contributed by atoms with van der Waals surface area (Å²) in [6.45, 7) is 0. The van der Waals surface area contributed by atoms with E-state index >= 15 is 0 Å². The first-order valence-electron chi connectivity index (χ1n) is 6.94. The van der Waals surface area contributed by atoms with E-state index in [0.29, 0.717) is 6.42 Å². The minimum atomic E-state index is -0.642. The molecule has 2 rings (SSSR count). The number of aliphatic hydroxyl groups excluding tert-OH is 1. The lowest BCUT2D eigenvalue weighted by atomic mass is 10.00. The number of esters is 1. The molecule has 0 radical (unpaired) electrons. The number of methoxy groups -OCH3 is 1. The predicted octanol–water partition coefficient (Wildman–Crippen LogP) is 2.66. The predicted molar refractivity (Wildman–Crippen MR) is 79.7 cm³/mol. The van der Waals surface area contributed by atoms with E-state index < -0.39 is 6.10 Å². The van der Waals surface area contributed by atoms with E-state index in [0.717, 1.165) is 29.5 Å². The van der Waals surface area contributed by atoms with Gasteiger partial charge < -0.3 is 9.84 Å². The molecule has 1 atom stereocenters. The van der Waals surface area contributed by atoms with Gasteiger partial charge in [0.1, 0.15) is 6.10 Å². The topological polar surface area (TPSA) is 59.4 Å². The van der Waals surface area contributed by atoms with E-state index in [1.165, 1.54) is 7.11 Å². The van der Waals surface area contributed by atoms with Gasteiger partial charge in [0.05, 0.1) is 7.11 Å². The zero-order valence-corrected chi connectivity index (χ0v) is 12.0. The molecule has 0 aliphatic rings. The highest BCUT2D eigenvalue weighted by molar-refractivity contribution is 5.69. The maximum Gasteiger partial charge on any atom is 0.305 e. The number of aromatic nitrogens is 1. The van der Waals surface area contributed by atoms with Gasteiger partial charge in [-0.15, -0.1) is 0 Å². The molecule has 1 N–H and O–H groups in total. The molecular weight excluding hydrogens is 266 g/mol. The van der Waals surface area contributed by atoms with Crippen molar-refractivity contribution in [1.82, 2.24) is 4.98 Å². The van der Waals surface area contributed by atoms with Crippen LogP contribution >= 0.6 is 0 Å². The van der Waals surface area contributed by atoms with Gasteiger partial charge >= 0.3 is 5.97 Å². The summed E-state index contributed by atoms with van der Waals surface area (Å²) in [5.74, 6) is -0.181. The summed E-state index contributed by atoms with van der Waals surface area (Å²) in [6, 6.07) is 11.4. The number of carbonyl (C=O) groups excluding carboxylic acids is 1. The number of rotatable bonds is 6. The van der Waals surface area contributed by atoms with Crippen LogP contribution in [0.25, 0.3) is 0 Å². The Morgan fingerprint density at radius 1 is 1.14 bits per heavy atom. The lowest BCUT2D eigenvalue weighted by Crippen LogP contribution is -2.01. The average Bonchev–Trinajstić information content (AvgIpc) is 2.55. The van der Waals surface area contributed by atoms with Gasteiger partial charge in [-0.3, -0.25) is 9.78 Å². The highest BCUT2D eigenvalue weighted by Crippen LogP contribution is 2.21. The van der Waals surface area contributed by atoms with Crippen LogP contribution in [0.1, 0.15) is 35.6 Å². The molecule has 0 saturated carbocycles. The molecule has 110 valence electrons. The Morgan fingerprint density at radius 2 is 1.76 bits per heavy atom. The first-order valence-corrected chi connectivity index (χ1v) is 6.94. The molecule has 0 fully saturated rings. The second kappa shape index (κ2) is 7.55. The Hall–Kier alpha value is -2.20. The fraction of sp³-hybridized carbons (Fsp3) is 0.294. The number of hydrogen-bond donors (Lipinski definition) is 1. The Kier molecular flexibility index (Phi) is 5.46. The van der Waals surface area contributed by atoms with Crippen molar-refractivity contribution in [2.75, 3.05) is 7.11 Å². The number of aliphatic hydroxyl groups is 1. The molecule has 0 amide bonds. The number of benzene rings is 1. The molecule has 0 bridgehead atoms. The second-order valence-corrected chi connectivity index (χ2v) is 4.85. The molecule has 0 aliphatic heterocycles. The summed E-state index contributed by atoms with van der Waals surface area (Å²) < 4.78 is 4.61. The highest BCUT2D eigenvalue weighted by atomic mass is 16.5. The lowest BCUT2D eigenvalue weighted by Gasteiger charge is -2.11. The minimum Gasteiger partial charge on any atom is -0.469 e. The molecule has 21 heavy (non-hydrogen) atoms. The Balaban J connectivity index is 1.94. The van der Waals surface area contributed by atoms with Crippen molar-refractivity contribution in [3.63, 3.8) is 0 Å². The van der Waals surface area contributed by atoms with Crippen molar-refractivity contribution in [3.8, 4) is 0 Å². The standard InChI is InChI=1S/C17H19NO3/c1-21-16(19)4-2-3-13-5-7-14(8-6-13)17(20)15-9-11-18-12-10-15/h5-12,17,20H,2-4H2,1H3. The third-order valence-electron chi connectivity index (χ3n) is 3.39. The molecule has 2 aromatic rings. The summed E-state index contributed by atoms with van der Waals surface area (Å²) >= 11 is 0. The normalized spacial score (nSPS) is 11.9. The molecule has 0 spiro atoms. The first-order chi connectivity index (χ1) is 10.2. The number of nitrogens with zero attached hydrogens (tertiary/aromatic N) is 1. The Bertz CT molecular complexity index is 566. The lowest BCUT2D eigenvalue weighted by molar-refractivity contribution is -0.140. The molecule has 1 unspecified atom stereocenters. The van der Waals surface area contributed by atoms with Crippen LogP contribution < -0.4 is 0 Å². The van der Waals surface area contributed by atoms with Gasteiger partial charge in [0, 0.05) is 18.8 Å². The molecule has 0 aliphatic carbocycles. The molecule has 4 heteroatoms. The van der Waals surface area contributed by atoms with Gasteiger partial charge in [-0.1, -0.05) is 24.3 Å². The van der Waals surface area contributed by atoms with Gasteiger partial charge in [0.15, 0.2) is 0 Å². The summed E-state index contributed by atoms with van der Waals surface area (Å²) in [6.07, 6.45) is 4.70. The third-order valence-corrected chi connectivity index (χ3v) is 3.39. The van der Waals surface area contributed by atoms with E-state index in [4.69, 9.17) is 0 Å². The third kappa shape index (κ3) is 4.39. The smallest absolute Gasteiger partial charge is 0.305 e. The van der Waals surface area contributed by atoms with Gasteiger partial charge in [0.2, 0.25) is 0 Å². The van der Waals surface area contributed by atoms with Crippen LogP contribution in [0.2, 0.25) is 0 Å². The van der Waals surface area contributed by atoms with E-state index in [1.54, 1.807) is 24.5 Å². The van der Waals surface area contributed by atoms with E-state index in [9.17, 15) is 9.90 Å². The highest BCUT2D eigenvalue weighted by Gasteiger charge is 2.09. The zero-order chi connectivity index (χ0) is 15.1. The fourth-order valence-electron chi connectivity index (χ4n) is 2.14. The quantitative estimate of drug-likeness (QED) is 0.829. The zero-order valence-electron chi connectivity index (χ0n) is 12.0. The van der Waals surface area contributed by atoms with Crippen molar-refractivity contribution < 1.29 is 14.6 Å². The summed E-state index contributed by atoms with van der Waals surface area (Å²) in [4.78, 5) is 15.0. The van der Waals surface area contributed by atoms with Gasteiger partial charge in [-0.05, 0) is 41.7 Å². The maximum absolute atomic E-state index is 11.0. The van der Waals surface area contributed by atoms with Crippen molar-refractivity contribution in [2.45, 2.75) is 25.4 Å². The average molecular weight is 285 g/mol. The number of hydrogen-bond acceptors (Lipinski definition) is 4. The molecule has 1 aromatic heterocycles. The van der Waals surface area contributed by atoms with E-state index in [1.807, 2.05) is 24.3 Å². The van der Waals surface area contributed by atoms with Gasteiger partial charge in [-0.2, -0.15) is 0 Å². The maximum atomic E-state index is 11.0. The number of ether oxygens (including phenoxy) is 1. The number of pyridine rings is 1. The monoisotopic (exact) mass is 285 g/mol. The summed E-state index contributed by atoms with van der Waals surface area (Å²) in [7, 11) is 1.40. The number of aryl methyl sites for hydroxylation is 1. The van der Waals surface area contributed by atoms with Crippen molar-refractivity contribution in [1.29, 1.82) is 0 Å². The largest absolute Gasteiger partial charge is 0.469 e.